The molecule has 1 amide bonds. The van der Waals surface area contributed by atoms with Crippen molar-refractivity contribution in [3.8, 4) is 0 Å². The Bertz CT molecular complexity index is 362. The smallest absolute Gasteiger partial charge is 0.224 e. The highest BCUT2D eigenvalue weighted by Crippen LogP contribution is 2.36. The van der Waals surface area contributed by atoms with Crippen LogP contribution >= 0.6 is 15.9 Å². The summed E-state index contributed by atoms with van der Waals surface area (Å²) in [5.41, 5.74) is 2.15. The maximum atomic E-state index is 11.2. The van der Waals surface area contributed by atoms with Crippen LogP contribution in [0.3, 0.4) is 0 Å². The summed E-state index contributed by atoms with van der Waals surface area (Å²) in [5, 5.41) is 2.86. The molecule has 68 valence electrons. The van der Waals surface area contributed by atoms with Gasteiger partial charge in [0.25, 0.3) is 0 Å². The van der Waals surface area contributed by atoms with Gasteiger partial charge in [-0.05, 0) is 23.6 Å². The molecule has 3 heteroatoms. The molecule has 1 aromatic carbocycles. The van der Waals surface area contributed by atoms with Crippen LogP contribution in [0.2, 0.25) is 0 Å². The zero-order chi connectivity index (χ0) is 9.42. The van der Waals surface area contributed by atoms with Crippen molar-refractivity contribution in [1.29, 1.82) is 0 Å². The van der Waals surface area contributed by atoms with Gasteiger partial charge in [-0.25, -0.2) is 0 Å². The lowest BCUT2D eigenvalue weighted by atomic mass is 9.92. The molecule has 2 rings (SSSR count). The van der Waals surface area contributed by atoms with Crippen molar-refractivity contribution in [1.82, 2.24) is 0 Å². The maximum absolute atomic E-state index is 11.2. The fourth-order valence-electron chi connectivity index (χ4n) is 1.73. The predicted molar refractivity (Wildman–Crippen MR) is 55.8 cm³/mol. The highest BCUT2D eigenvalue weighted by atomic mass is 79.9. The first-order valence-corrected chi connectivity index (χ1v) is 5.06. The van der Waals surface area contributed by atoms with Crippen LogP contribution in [0.1, 0.15) is 24.8 Å². The van der Waals surface area contributed by atoms with Crippen molar-refractivity contribution in [2.24, 2.45) is 0 Å². The van der Waals surface area contributed by atoms with E-state index in [1.807, 2.05) is 18.2 Å². The van der Waals surface area contributed by atoms with Gasteiger partial charge in [0.15, 0.2) is 0 Å². The van der Waals surface area contributed by atoms with Crippen molar-refractivity contribution in [3.05, 3.63) is 28.2 Å². The fraction of sp³-hybridized carbons (Fsp3) is 0.300. The molecule has 1 N–H and O–H groups in total. The largest absolute Gasteiger partial charge is 0.326 e. The molecular formula is C10H10BrNO. The summed E-state index contributed by atoms with van der Waals surface area (Å²) < 4.78 is 1.08. The Kier molecular flexibility index (Phi) is 2.12. The van der Waals surface area contributed by atoms with Gasteiger partial charge in [-0.1, -0.05) is 28.9 Å². The number of fused-ring (bicyclic) bond motifs is 1. The van der Waals surface area contributed by atoms with Gasteiger partial charge in [0.05, 0.1) is 0 Å². The highest BCUT2D eigenvalue weighted by Gasteiger charge is 2.22. The second-order valence-electron chi connectivity index (χ2n) is 3.35. The number of hydrogen-bond donors (Lipinski definition) is 1. The summed E-state index contributed by atoms with van der Waals surface area (Å²) in [6.07, 6.45) is 0.579. The van der Waals surface area contributed by atoms with E-state index in [1.54, 1.807) is 0 Å². The van der Waals surface area contributed by atoms with Gasteiger partial charge >= 0.3 is 0 Å². The van der Waals surface area contributed by atoms with Crippen molar-refractivity contribution in [3.63, 3.8) is 0 Å². The normalized spacial score (nSPS) is 20.8. The van der Waals surface area contributed by atoms with E-state index >= 15 is 0 Å². The Morgan fingerprint density at radius 1 is 1.54 bits per heavy atom. The first kappa shape index (κ1) is 8.75. The molecule has 13 heavy (non-hydrogen) atoms. The van der Waals surface area contributed by atoms with Crippen LogP contribution in [0.15, 0.2) is 22.7 Å². The van der Waals surface area contributed by atoms with Crippen LogP contribution in [0.5, 0.6) is 0 Å². The second kappa shape index (κ2) is 3.14. The molecule has 0 aromatic heterocycles. The summed E-state index contributed by atoms with van der Waals surface area (Å²) >= 11 is 3.49. The number of rotatable bonds is 0. The van der Waals surface area contributed by atoms with Crippen molar-refractivity contribution in [2.45, 2.75) is 19.3 Å². The molecule has 0 saturated carbocycles. The predicted octanol–water partition coefficient (Wildman–Crippen LogP) is 2.89. The zero-order valence-corrected chi connectivity index (χ0v) is 8.89. The molecule has 0 bridgehead atoms. The Balaban J connectivity index is 2.55. The first-order valence-electron chi connectivity index (χ1n) is 4.26. The summed E-state index contributed by atoms with van der Waals surface area (Å²) in [4.78, 5) is 11.2. The van der Waals surface area contributed by atoms with E-state index in [4.69, 9.17) is 0 Å². The molecular weight excluding hydrogens is 230 g/mol. The van der Waals surface area contributed by atoms with Gasteiger partial charge in [-0.15, -0.1) is 0 Å². The third kappa shape index (κ3) is 1.48. The average molecular weight is 240 g/mol. The molecule has 0 aliphatic carbocycles. The third-order valence-electron chi connectivity index (χ3n) is 2.31. The SMILES string of the molecule is CC1CC(=O)Nc2cccc(Br)c21. The molecule has 1 atom stereocenters. The monoisotopic (exact) mass is 239 g/mol. The van der Waals surface area contributed by atoms with E-state index in [-0.39, 0.29) is 5.91 Å². The number of carbonyl (C=O) groups is 1. The molecule has 0 spiro atoms. The van der Waals surface area contributed by atoms with Gasteiger partial charge in [0.2, 0.25) is 5.91 Å². The summed E-state index contributed by atoms with van der Waals surface area (Å²) in [6, 6.07) is 5.88. The van der Waals surface area contributed by atoms with E-state index < -0.39 is 0 Å². The quantitative estimate of drug-likeness (QED) is 0.742. The first-order chi connectivity index (χ1) is 6.18. The molecule has 1 aliphatic rings. The standard InChI is InChI=1S/C10H10BrNO/c1-6-5-9(13)12-8-4-2-3-7(11)10(6)8/h2-4,6H,5H2,1H3,(H,12,13). The molecule has 0 fully saturated rings. The molecule has 1 heterocycles. The second-order valence-corrected chi connectivity index (χ2v) is 4.21. The molecule has 1 aromatic rings. The molecule has 1 aliphatic heterocycles. The lowest BCUT2D eigenvalue weighted by Crippen LogP contribution is -2.21. The van der Waals surface area contributed by atoms with Crippen LogP contribution in [-0.2, 0) is 4.79 Å². The summed E-state index contributed by atoms with van der Waals surface area (Å²) in [5.74, 6) is 0.414. The van der Waals surface area contributed by atoms with Crippen LogP contribution in [0, 0.1) is 0 Å². The number of benzene rings is 1. The zero-order valence-electron chi connectivity index (χ0n) is 7.30. The number of anilines is 1. The van der Waals surface area contributed by atoms with E-state index in [1.165, 1.54) is 5.56 Å². The minimum absolute atomic E-state index is 0.109. The Hall–Kier alpha value is -0.830. The number of halogens is 1. The Morgan fingerprint density at radius 2 is 2.31 bits per heavy atom. The Labute approximate surface area is 85.5 Å². The minimum Gasteiger partial charge on any atom is -0.326 e. The van der Waals surface area contributed by atoms with Crippen LogP contribution < -0.4 is 5.32 Å². The van der Waals surface area contributed by atoms with Crippen molar-refractivity contribution >= 4 is 27.5 Å². The number of nitrogens with one attached hydrogen (secondary N) is 1. The number of hydrogen-bond acceptors (Lipinski definition) is 1. The van der Waals surface area contributed by atoms with Gasteiger partial charge in [0.1, 0.15) is 0 Å². The average Bonchev–Trinajstić information content (AvgIpc) is 2.02. The van der Waals surface area contributed by atoms with E-state index in [9.17, 15) is 4.79 Å². The lowest BCUT2D eigenvalue weighted by molar-refractivity contribution is -0.116. The molecule has 2 nitrogen and oxygen atoms in total. The van der Waals surface area contributed by atoms with Crippen LogP contribution in [0.25, 0.3) is 0 Å². The number of carbonyl (C=O) groups excluding carboxylic acids is 1. The molecule has 0 radical (unpaired) electrons. The molecule has 0 saturated heterocycles. The van der Waals surface area contributed by atoms with E-state index in [0.717, 1.165) is 10.2 Å². The minimum atomic E-state index is 0.109. The topological polar surface area (TPSA) is 29.1 Å². The van der Waals surface area contributed by atoms with Gasteiger partial charge in [-0.2, -0.15) is 0 Å². The Morgan fingerprint density at radius 3 is 3.08 bits per heavy atom. The van der Waals surface area contributed by atoms with Crippen LogP contribution in [-0.4, -0.2) is 5.91 Å². The van der Waals surface area contributed by atoms with Crippen LogP contribution in [0.4, 0.5) is 5.69 Å². The van der Waals surface area contributed by atoms with Crippen molar-refractivity contribution in [2.75, 3.05) is 5.32 Å². The maximum Gasteiger partial charge on any atom is 0.224 e. The van der Waals surface area contributed by atoms with Crippen molar-refractivity contribution < 1.29 is 4.79 Å². The molecule has 1 unspecified atom stereocenters. The van der Waals surface area contributed by atoms with E-state index in [2.05, 4.69) is 28.2 Å². The highest BCUT2D eigenvalue weighted by molar-refractivity contribution is 9.10. The summed E-state index contributed by atoms with van der Waals surface area (Å²) in [7, 11) is 0. The lowest BCUT2D eigenvalue weighted by Gasteiger charge is -2.23. The third-order valence-corrected chi connectivity index (χ3v) is 3.00. The summed E-state index contributed by atoms with van der Waals surface area (Å²) in [6.45, 7) is 2.07. The van der Waals surface area contributed by atoms with E-state index in [0.29, 0.717) is 12.3 Å². The van der Waals surface area contributed by atoms with Gasteiger partial charge in [-0.3, -0.25) is 4.79 Å². The number of amides is 1. The van der Waals surface area contributed by atoms with Gasteiger partial charge in [0, 0.05) is 16.6 Å². The van der Waals surface area contributed by atoms with Gasteiger partial charge < -0.3 is 5.32 Å². The fourth-order valence-corrected chi connectivity index (χ4v) is 2.49.